The minimum absolute atomic E-state index is 0. The third-order valence-electron chi connectivity index (χ3n) is 5.72. The first-order valence-corrected chi connectivity index (χ1v) is 11.0. The van der Waals surface area contributed by atoms with E-state index in [4.69, 9.17) is 4.74 Å². The average molecular weight is 559 g/mol. The van der Waals surface area contributed by atoms with Gasteiger partial charge in [0.2, 0.25) is 11.9 Å². The van der Waals surface area contributed by atoms with Crippen molar-refractivity contribution in [3.63, 3.8) is 0 Å². The number of nitrogens with zero attached hydrogens (tertiary/aromatic N) is 6. The van der Waals surface area contributed by atoms with Crippen molar-refractivity contribution >= 4 is 47.8 Å². The molecule has 2 aliphatic heterocycles. The van der Waals surface area contributed by atoms with Gasteiger partial charge in [-0.1, -0.05) is 0 Å². The molecule has 0 aliphatic carbocycles. The summed E-state index contributed by atoms with van der Waals surface area (Å²) in [5.41, 5.74) is 0. The molecule has 32 heavy (non-hydrogen) atoms. The molecular weight excluding hydrogens is 525 g/mol. The van der Waals surface area contributed by atoms with Gasteiger partial charge in [0.1, 0.15) is 0 Å². The zero-order valence-electron chi connectivity index (χ0n) is 18.9. The van der Waals surface area contributed by atoms with E-state index in [0.29, 0.717) is 38.6 Å². The van der Waals surface area contributed by atoms with E-state index in [1.165, 1.54) is 0 Å². The van der Waals surface area contributed by atoms with E-state index in [1.807, 2.05) is 11.8 Å². The largest absolute Gasteiger partial charge is 0.466 e. The first-order chi connectivity index (χ1) is 15.1. The summed E-state index contributed by atoms with van der Waals surface area (Å²) in [4.78, 5) is 43.5. The molecule has 1 aromatic rings. The van der Waals surface area contributed by atoms with E-state index in [9.17, 15) is 9.59 Å². The van der Waals surface area contributed by atoms with Gasteiger partial charge in [-0.2, -0.15) is 0 Å². The van der Waals surface area contributed by atoms with Crippen LogP contribution in [-0.2, 0) is 14.3 Å². The molecule has 10 nitrogen and oxygen atoms in total. The predicted molar refractivity (Wildman–Crippen MR) is 133 cm³/mol. The smallest absolute Gasteiger partial charge is 0.309 e. The summed E-state index contributed by atoms with van der Waals surface area (Å²) in [6.45, 7) is 7.11. The van der Waals surface area contributed by atoms with Crippen molar-refractivity contribution in [1.29, 1.82) is 0 Å². The van der Waals surface area contributed by atoms with Crippen molar-refractivity contribution in [3.8, 4) is 0 Å². The van der Waals surface area contributed by atoms with Gasteiger partial charge in [0.15, 0.2) is 5.96 Å². The number of carbonyl (C=O) groups excluding carboxylic acids is 2. The van der Waals surface area contributed by atoms with Gasteiger partial charge in [0, 0.05) is 71.7 Å². The van der Waals surface area contributed by atoms with Crippen molar-refractivity contribution in [2.45, 2.75) is 26.2 Å². The molecule has 3 rings (SSSR count). The highest BCUT2D eigenvalue weighted by Gasteiger charge is 2.27. The molecule has 0 aromatic carbocycles. The second-order valence-corrected chi connectivity index (χ2v) is 7.65. The van der Waals surface area contributed by atoms with E-state index in [2.05, 4.69) is 30.1 Å². The van der Waals surface area contributed by atoms with Crippen LogP contribution >= 0.6 is 24.0 Å². The Morgan fingerprint density at radius 2 is 1.75 bits per heavy atom. The van der Waals surface area contributed by atoms with E-state index in [1.54, 1.807) is 25.5 Å². The third kappa shape index (κ3) is 7.17. The Balaban J connectivity index is 0.00000363. The highest BCUT2D eigenvalue weighted by atomic mass is 127. The fourth-order valence-corrected chi connectivity index (χ4v) is 3.97. The van der Waals surface area contributed by atoms with Gasteiger partial charge >= 0.3 is 5.97 Å². The molecule has 2 saturated heterocycles. The molecule has 2 aliphatic rings. The topological polar surface area (TPSA) is 103 Å². The molecule has 11 heteroatoms. The van der Waals surface area contributed by atoms with Crippen LogP contribution in [0.3, 0.4) is 0 Å². The quantitative estimate of drug-likeness (QED) is 0.238. The van der Waals surface area contributed by atoms with Crippen molar-refractivity contribution in [3.05, 3.63) is 18.5 Å². The van der Waals surface area contributed by atoms with Gasteiger partial charge in [0.25, 0.3) is 0 Å². The molecule has 0 saturated carbocycles. The number of hydrogen-bond donors (Lipinski definition) is 1. The zero-order valence-corrected chi connectivity index (χ0v) is 21.2. The van der Waals surface area contributed by atoms with Crippen LogP contribution in [0.1, 0.15) is 26.2 Å². The van der Waals surface area contributed by atoms with Gasteiger partial charge in [-0.25, -0.2) is 9.97 Å². The number of esters is 1. The molecule has 1 amide bonds. The number of piperazine rings is 1. The number of aliphatic imine (C=N–C) groups is 1. The van der Waals surface area contributed by atoms with E-state index < -0.39 is 0 Å². The van der Waals surface area contributed by atoms with Gasteiger partial charge in [-0.05, 0) is 25.8 Å². The SMILES string of the molecule is CCOC(=O)C1CCN(C(=NC)NCCC(=O)N2CCN(c3ncccn3)CC2)CC1.I. The average Bonchev–Trinajstić information content (AvgIpc) is 2.83. The first-order valence-electron chi connectivity index (χ1n) is 11.0. The fourth-order valence-electron chi connectivity index (χ4n) is 3.97. The maximum Gasteiger partial charge on any atom is 0.309 e. The summed E-state index contributed by atoms with van der Waals surface area (Å²) in [5.74, 6) is 1.50. The van der Waals surface area contributed by atoms with Gasteiger partial charge in [-0.15, -0.1) is 24.0 Å². The number of nitrogens with one attached hydrogen (secondary N) is 1. The van der Waals surface area contributed by atoms with Crippen LogP contribution in [0, 0.1) is 5.92 Å². The lowest BCUT2D eigenvalue weighted by molar-refractivity contribution is -0.149. The van der Waals surface area contributed by atoms with Crippen molar-refractivity contribution in [2.24, 2.45) is 10.9 Å². The molecular formula is C21H34IN7O3. The zero-order chi connectivity index (χ0) is 22.1. The number of guanidine groups is 1. The minimum atomic E-state index is -0.102. The van der Waals surface area contributed by atoms with Crippen LogP contribution < -0.4 is 10.2 Å². The van der Waals surface area contributed by atoms with Crippen molar-refractivity contribution in [2.75, 3.05) is 64.4 Å². The number of anilines is 1. The summed E-state index contributed by atoms with van der Waals surface area (Å²) < 4.78 is 5.13. The molecule has 0 radical (unpaired) electrons. The molecule has 3 heterocycles. The number of amides is 1. The standard InChI is InChI=1S/C21H33N7O3.HI/c1-3-31-19(30)17-6-11-27(12-7-17)20(22-2)25-10-5-18(29)26-13-15-28(16-14-26)21-23-8-4-9-24-21;/h4,8-9,17H,3,5-7,10-16H2,1-2H3,(H,22,25);1H. The monoisotopic (exact) mass is 559 g/mol. The lowest BCUT2D eigenvalue weighted by Crippen LogP contribution is -2.50. The number of rotatable bonds is 6. The van der Waals surface area contributed by atoms with E-state index in [-0.39, 0.29) is 41.8 Å². The highest BCUT2D eigenvalue weighted by Crippen LogP contribution is 2.18. The summed E-state index contributed by atoms with van der Waals surface area (Å²) in [5, 5.41) is 3.29. The first kappa shape index (κ1) is 26.1. The third-order valence-corrected chi connectivity index (χ3v) is 5.72. The molecule has 0 spiro atoms. The minimum Gasteiger partial charge on any atom is -0.466 e. The van der Waals surface area contributed by atoms with Crippen LogP contribution in [0.2, 0.25) is 0 Å². The summed E-state index contributed by atoms with van der Waals surface area (Å²) in [6.07, 6.45) is 5.40. The number of hydrogen-bond acceptors (Lipinski definition) is 7. The molecule has 2 fully saturated rings. The van der Waals surface area contributed by atoms with E-state index >= 15 is 0 Å². The number of ether oxygens (including phenoxy) is 1. The molecule has 0 atom stereocenters. The number of aromatic nitrogens is 2. The van der Waals surface area contributed by atoms with E-state index in [0.717, 1.165) is 45.0 Å². The number of carbonyl (C=O) groups is 2. The molecule has 0 unspecified atom stereocenters. The summed E-state index contributed by atoms with van der Waals surface area (Å²) in [6, 6.07) is 1.80. The van der Waals surface area contributed by atoms with Crippen LogP contribution in [0.4, 0.5) is 5.95 Å². The van der Waals surface area contributed by atoms with Gasteiger partial charge in [0.05, 0.1) is 12.5 Å². The van der Waals surface area contributed by atoms with Crippen molar-refractivity contribution in [1.82, 2.24) is 25.1 Å². The molecule has 1 N–H and O–H groups in total. The maximum atomic E-state index is 12.6. The summed E-state index contributed by atoms with van der Waals surface area (Å²) in [7, 11) is 1.74. The van der Waals surface area contributed by atoms with Crippen LogP contribution in [0.5, 0.6) is 0 Å². The molecule has 1 aromatic heterocycles. The predicted octanol–water partition coefficient (Wildman–Crippen LogP) is 0.984. The fraction of sp³-hybridized carbons (Fsp3) is 0.667. The Kier molecular flexibility index (Phi) is 10.9. The highest BCUT2D eigenvalue weighted by molar-refractivity contribution is 14.0. The van der Waals surface area contributed by atoms with Gasteiger partial charge in [-0.3, -0.25) is 14.6 Å². The number of piperidine rings is 1. The molecule has 178 valence electrons. The number of halogens is 1. The van der Waals surface area contributed by atoms with Crippen LogP contribution in [-0.4, -0.2) is 97.1 Å². The lowest BCUT2D eigenvalue weighted by atomic mass is 9.97. The Hall–Kier alpha value is -2.18. The second kappa shape index (κ2) is 13.4. The Labute approximate surface area is 206 Å². The van der Waals surface area contributed by atoms with Crippen LogP contribution in [0.15, 0.2) is 23.5 Å². The number of likely N-dealkylation sites (tertiary alicyclic amines) is 1. The molecule has 0 bridgehead atoms. The Bertz CT molecular complexity index is 749. The maximum absolute atomic E-state index is 12.6. The summed E-state index contributed by atoms with van der Waals surface area (Å²) >= 11 is 0. The lowest BCUT2D eigenvalue weighted by Gasteiger charge is -2.35. The van der Waals surface area contributed by atoms with Crippen molar-refractivity contribution < 1.29 is 14.3 Å². The van der Waals surface area contributed by atoms with Crippen LogP contribution in [0.25, 0.3) is 0 Å². The van der Waals surface area contributed by atoms with Gasteiger partial charge < -0.3 is 24.8 Å². The normalized spacial score (nSPS) is 17.6. The Morgan fingerprint density at radius 1 is 1.09 bits per heavy atom. The Morgan fingerprint density at radius 3 is 2.34 bits per heavy atom. The second-order valence-electron chi connectivity index (χ2n) is 7.65.